The first-order chi connectivity index (χ1) is 11.8. The number of rotatable bonds is 2. The second-order valence-corrected chi connectivity index (χ2v) is 5.19. The van der Waals surface area contributed by atoms with Crippen molar-refractivity contribution in [2.75, 3.05) is 0 Å². The predicted molar refractivity (Wildman–Crippen MR) is 93.5 cm³/mol. The lowest BCUT2D eigenvalue weighted by molar-refractivity contribution is -0.137. The predicted octanol–water partition coefficient (Wildman–Crippen LogP) is 2.88. The van der Waals surface area contributed by atoms with Crippen LogP contribution < -0.4 is 11.5 Å². The molecule has 3 aromatic rings. The molecule has 0 aliphatic rings. The minimum absolute atomic E-state index is 0. The Bertz CT molecular complexity index is 988. The SMILES string of the molecule is Cl.NC(N)=NC(=O)c1cn(-c2nccc3ccccc23)cc1C(F)(F)F. The highest BCUT2D eigenvalue weighted by atomic mass is 35.5. The number of hydrogen-bond acceptors (Lipinski definition) is 2. The van der Waals surface area contributed by atoms with Gasteiger partial charge in [-0.05, 0) is 11.5 Å². The van der Waals surface area contributed by atoms with Crippen LogP contribution in [0.25, 0.3) is 16.6 Å². The van der Waals surface area contributed by atoms with Crippen molar-refractivity contribution in [1.29, 1.82) is 0 Å². The zero-order valence-corrected chi connectivity index (χ0v) is 13.9. The maximum atomic E-state index is 13.3. The number of halogens is 4. The molecule has 0 bridgehead atoms. The van der Waals surface area contributed by atoms with Gasteiger partial charge < -0.3 is 16.0 Å². The molecule has 0 saturated heterocycles. The van der Waals surface area contributed by atoms with Crippen molar-refractivity contribution in [2.45, 2.75) is 6.18 Å². The molecule has 1 amide bonds. The first kappa shape index (κ1) is 19.3. The minimum Gasteiger partial charge on any atom is -0.370 e. The Balaban J connectivity index is 0.00000243. The summed E-state index contributed by atoms with van der Waals surface area (Å²) in [5, 5.41) is 1.43. The average Bonchev–Trinajstić information content (AvgIpc) is 2.99. The molecule has 26 heavy (non-hydrogen) atoms. The summed E-state index contributed by atoms with van der Waals surface area (Å²) < 4.78 is 41.0. The van der Waals surface area contributed by atoms with E-state index in [4.69, 9.17) is 11.5 Å². The third-order valence-electron chi connectivity index (χ3n) is 3.49. The number of guanidine groups is 1. The van der Waals surface area contributed by atoms with Crippen LogP contribution in [0.5, 0.6) is 0 Å². The molecule has 0 radical (unpaired) electrons. The van der Waals surface area contributed by atoms with Gasteiger partial charge >= 0.3 is 6.18 Å². The van der Waals surface area contributed by atoms with Crippen LogP contribution in [0, 0.1) is 0 Å². The van der Waals surface area contributed by atoms with Crippen LogP contribution in [0.15, 0.2) is 53.9 Å². The van der Waals surface area contributed by atoms with Crippen LogP contribution in [-0.2, 0) is 6.18 Å². The van der Waals surface area contributed by atoms with E-state index in [0.717, 1.165) is 22.3 Å². The van der Waals surface area contributed by atoms with E-state index in [1.807, 2.05) is 0 Å². The Morgan fingerprint density at radius 2 is 1.81 bits per heavy atom. The van der Waals surface area contributed by atoms with Crippen LogP contribution in [0.3, 0.4) is 0 Å². The van der Waals surface area contributed by atoms with E-state index in [0.29, 0.717) is 5.39 Å². The number of aromatic nitrogens is 2. The van der Waals surface area contributed by atoms with Crippen LogP contribution in [0.2, 0.25) is 0 Å². The van der Waals surface area contributed by atoms with Crippen molar-refractivity contribution < 1.29 is 18.0 Å². The summed E-state index contributed by atoms with van der Waals surface area (Å²) in [7, 11) is 0. The van der Waals surface area contributed by atoms with Gasteiger partial charge in [-0.25, -0.2) is 4.98 Å². The first-order valence-corrected chi connectivity index (χ1v) is 7.04. The van der Waals surface area contributed by atoms with E-state index in [9.17, 15) is 18.0 Å². The quantitative estimate of drug-likeness (QED) is 0.525. The molecule has 1 aromatic carbocycles. The molecule has 0 fully saturated rings. The monoisotopic (exact) mass is 383 g/mol. The third kappa shape index (κ3) is 3.62. The number of hydrogen-bond donors (Lipinski definition) is 2. The molecule has 0 saturated carbocycles. The molecule has 6 nitrogen and oxygen atoms in total. The third-order valence-corrected chi connectivity index (χ3v) is 3.49. The lowest BCUT2D eigenvalue weighted by Gasteiger charge is -2.06. The van der Waals surface area contributed by atoms with E-state index in [1.165, 1.54) is 6.20 Å². The summed E-state index contributed by atoms with van der Waals surface area (Å²) in [6.07, 6.45) is -1.46. The molecule has 0 unspecified atom stereocenters. The Kier molecular flexibility index (Phi) is 5.22. The van der Waals surface area contributed by atoms with Gasteiger partial charge in [-0.1, -0.05) is 24.3 Å². The van der Waals surface area contributed by atoms with E-state index in [2.05, 4.69) is 9.98 Å². The van der Waals surface area contributed by atoms with Crippen molar-refractivity contribution in [1.82, 2.24) is 9.55 Å². The second-order valence-electron chi connectivity index (χ2n) is 5.19. The van der Waals surface area contributed by atoms with Gasteiger partial charge in [0.1, 0.15) is 5.82 Å². The molecule has 0 spiro atoms. The number of amides is 1. The number of carbonyl (C=O) groups excluding carboxylic acids is 1. The van der Waals surface area contributed by atoms with Gasteiger partial charge in [-0.15, -0.1) is 12.4 Å². The highest BCUT2D eigenvalue weighted by Crippen LogP contribution is 2.34. The molecule has 2 aromatic heterocycles. The number of benzene rings is 1. The van der Waals surface area contributed by atoms with Gasteiger partial charge in [0.15, 0.2) is 5.96 Å². The molecule has 0 atom stereocenters. The molecule has 10 heteroatoms. The van der Waals surface area contributed by atoms with E-state index in [-0.39, 0.29) is 18.2 Å². The topological polar surface area (TPSA) is 99.3 Å². The van der Waals surface area contributed by atoms with Gasteiger partial charge in [-0.2, -0.15) is 18.2 Å². The largest absolute Gasteiger partial charge is 0.418 e. The van der Waals surface area contributed by atoms with Crippen LogP contribution in [0.4, 0.5) is 13.2 Å². The lowest BCUT2D eigenvalue weighted by atomic mass is 10.1. The number of nitrogens with zero attached hydrogens (tertiary/aromatic N) is 3. The molecular weight excluding hydrogens is 371 g/mol. The fourth-order valence-corrected chi connectivity index (χ4v) is 2.46. The number of nitrogens with two attached hydrogens (primary N) is 2. The van der Waals surface area contributed by atoms with Crippen molar-refractivity contribution in [2.24, 2.45) is 16.5 Å². The molecule has 0 aliphatic carbocycles. The summed E-state index contributed by atoms with van der Waals surface area (Å²) in [6, 6.07) is 8.81. The minimum atomic E-state index is -4.75. The van der Waals surface area contributed by atoms with Gasteiger partial charge in [0.2, 0.25) is 0 Å². The van der Waals surface area contributed by atoms with Gasteiger partial charge in [-0.3, -0.25) is 4.79 Å². The summed E-state index contributed by atoms with van der Waals surface area (Å²) in [5.41, 5.74) is 8.38. The average molecular weight is 384 g/mol. The molecular formula is C16H13ClF3N5O. The Labute approximate surface area is 151 Å². The number of alkyl halides is 3. The fourth-order valence-electron chi connectivity index (χ4n) is 2.46. The zero-order valence-electron chi connectivity index (χ0n) is 13.1. The fraction of sp³-hybridized carbons (Fsp3) is 0.0625. The van der Waals surface area contributed by atoms with Gasteiger partial charge in [0.05, 0.1) is 11.1 Å². The number of carbonyl (C=O) groups is 1. The lowest BCUT2D eigenvalue weighted by Crippen LogP contribution is -2.24. The van der Waals surface area contributed by atoms with Crippen LogP contribution >= 0.6 is 12.4 Å². The maximum absolute atomic E-state index is 13.3. The van der Waals surface area contributed by atoms with Crippen LogP contribution in [-0.4, -0.2) is 21.4 Å². The van der Waals surface area contributed by atoms with Crippen molar-refractivity contribution >= 4 is 35.0 Å². The smallest absolute Gasteiger partial charge is 0.370 e. The highest BCUT2D eigenvalue weighted by molar-refractivity contribution is 6.03. The maximum Gasteiger partial charge on any atom is 0.418 e. The van der Waals surface area contributed by atoms with Crippen molar-refractivity contribution in [3.63, 3.8) is 0 Å². The molecule has 3 rings (SSSR count). The second kappa shape index (κ2) is 7.04. The molecule has 0 aliphatic heterocycles. The van der Waals surface area contributed by atoms with E-state index < -0.39 is 29.2 Å². The number of fused-ring (bicyclic) bond motifs is 1. The highest BCUT2D eigenvalue weighted by Gasteiger charge is 2.37. The Morgan fingerprint density at radius 1 is 1.12 bits per heavy atom. The normalized spacial score (nSPS) is 11.0. The summed E-state index contributed by atoms with van der Waals surface area (Å²) in [4.78, 5) is 19.3. The molecule has 136 valence electrons. The van der Waals surface area contributed by atoms with E-state index >= 15 is 0 Å². The van der Waals surface area contributed by atoms with Crippen molar-refractivity contribution in [3.8, 4) is 5.82 Å². The molecule has 2 heterocycles. The van der Waals surface area contributed by atoms with Gasteiger partial charge in [0, 0.05) is 24.0 Å². The molecule has 4 N–H and O–H groups in total. The van der Waals surface area contributed by atoms with Gasteiger partial charge in [0.25, 0.3) is 5.91 Å². The summed E-state index contributed by atoms with van der Waals surface area (Å²) >= 11 is 0. The Hall–Kier alpha value is -3.07. The number of aliphatic imine (C=N–C) groups is 1. The summed E-state index contributed by atoms with van der Waals surface area (Å²) in [5.74, 6) is -1.53. The van der Waals surface area contributed by atoms with Crippen LogP contribution in [0.1, 0.15) is 15.9 Å². The first-order valence-electron chi connectivity index (χ1n) is 7.04. The number of pyridine rings is 1. The van der Waals surface area contributed by atoms with Crippen molar-refractivity contribution in [3.05, 3.63) is 60.0 Å². The Morgan fingerprint density at radius 3 is 2.46 bits per heavy atom. The standard InChI is InChI=1S/C16H12F3N5O.ClH/c17-16(18,19)12-8-24(7-11(12)14(25)23-15(20)21)13-10-4-2-1-3-9(10)5-6-22-13;/h1-8H,(H4,20,21,23,25);1H. The summed E-state index contributed by atoms with van der Waals surface area (Å²) in [6.45, 7) is 0. The zero-order chi connectivity index (χ0) is 18.2. The van der Waals surface area contributed by atoms with E-state index in [1.54, 1.807) is 30.3 Å².